The van der Waals surface area contributed by atoms with E-state index in [-0.39, 0.29) is 21.3 Å². The maximum absolute atomic E-state index is 11.8. The molecule has 0 radical (unpaired) electrons. The Morgan fingerprint density at radius 3 is 2.67 bits per heavy atom. The molecule has 6 nitrogen and oxygen atoms in total. The molecule has 2 N–H and O–H groups in total. The Balaban J connectivity index is 2.23. The number of hydrogen-bond donors (Lipinski definition) is 1. The molecule has 1 heterocycles. The van der Waals surface area contributed by atoms with Crippen molar-refractivity contribution in [3.63, 3.8) is 0 Å². The van der Waals surface area contributed by atoms with Crippen LogP contribution in [-0.4, -0.2) is 22.6 Å². The lowest BCUT2D eigenvalue weighted by Crippen LogP contribution is -2.25. The summed E-state index contributed by atoms with van der Waals surface area (Å²) in [4.78, 5) is 32.0. The van der Waals surface area contributed by atoms with Crippen LogP contribution < -0.4 is 5.73 Å². The maximum atomic E-state index is 11.8. The number of rotatable bonds is 4. The molecule has 0 fully saturated rings. The fourth-order valence-corrected chi connectivity index (χ4v) is 2.41. The average molecular weight is 324 g/mol. The SMILES string of the molecule is Cc1csc(C(=NOC(=O)c2ccccc2Cl)C(N)=O)n1. The Morgan fingerprint density at radius 1 is 1.38 bits per heavy atom. The molecule has 2 rings (SSSR count). The third-order valence-electron chi connectivity index (χ3n) is 2.37. The van der Waals surface area contributed by atoms with Gasteiger partial charge in [0.2, 0.25) is 5.71 Å². The number of carbonyl (C=O) groups is 2. The molecule has 8 heteroatoms. The molecule has 0 saturated heterocycles. The molecular weight excluding hydrogens is 314 g/mol. The molecule has 1 aromatic carbocycles. The van der Waals surface area contributed by atoms with E-state index >= 15 is 0 Å². The van der Waals surface area contributed by atoms with Crippen molar-refractivity contribution in [3.05, 3.63) is 50.9 Å². The molecule has 0 saturated carbocycles. The van der Waals surface area contributed by atoms with E-state index in [4.69, 9.17) is 22.2 Å². The molecule has 0 aliphatic heterocycles. The van der Waals surface area contributed by atoms with Crippen LogP contribution in [0.2, 0.25) is 5.02 Å². The van der Waals surface area contributed by atoms with Crippen molar-refractivity contribution >= 4 is 40.5 Å². The molecule has 108 valence electrons. The van der Waals surface area contributed by atoms with E-state index < -0.39 is 11.9 Å². The lowest BCUT2D eigenvalue weighted by Gasteiger charge is -2.01. The summed E-state index contributed by atoms with van der Waals surface area (Å²) in [6.07, 6.45) is 0. The quantitative estimate of drug-likeness (QED) is 0.530. The number of amides is 1. The van der Waals surface area contributed by atoms with Crippen molar-refractivity contribution in [2.45, 2.75) is 6.92 Å². The van der Waals surface area contributed by atoms with E-state index in [1.807, 2.05) is 0 Å². The van der Waals surface area contributed by atoms with Crippen molar-refractivity contribution in [2.24, 2.45) is 10.9 Å². The minimum absolute atomic E-state index is 0.141. The molecule has 1 amide bonds. The lowest BCUT2D eigenvalue weighted by atomic mass is 10.2. The highest BCUT2D eigenvalue weighted by molar-refractivity contribution is 7.12. The second-order valence-corrected chi connectivity index (χ2v) is 5.22. The van der Waals surface area contributed by atoms with Gasteiger partial charge in [0.05, 0.1) is 10.6 Å². The first-order valence-electron chi connectivity index (χ1n) is 5.75. The van der Waals surface area contributed by atoms with E-state index in [0.29, 0.717) is 5.69 Å². The number of carbonyl (C=O) groups excluding carboxylic acids is 2. The number of primary amides is 1. The van der Waals surface area contributed by atoms with Gasteiger partial charge in [0, 0.05) is 11.1 Å². The first-order valence-corrected chi connectivity index (χ1v) is 7.01. The summed E-state index contributed by atoms with van der Waals surface area (Å²) in [5, 5.41) is 5.74. The van der Waals surface area contributed by atoms with Crippen LogP contribution in [0.4, 0.5) is 0 Å². The highest BCUT2D eigenvalue weighted by Gasteiger charge is 2.17. The predicted molar refractivity (Wildman–Crippen MR) is 79.4 cm³/mol. The van der Waals surface area contributed by atoms with E-state index in [9.17, 15) is 9.59 Å². The van der Waals surface area contributed by atoms with Crippen molar-refractivity contribution in [2.75, 3.05) is 0 Å². The summed E-state index contributed by atoms with van der Waals surface area (Å²) < 4.78 is 0. The minimum Gasteiger partial charge on any atom is -0.364 e. The predicted octanol–water partition coefficient (Wildman–Crippen LogP) is 2.15. The van der Waals surface area contributed by atoms with Gasteiger partial charge in [-0.15, -0.1) is 11.3 Å². The Hall–Kier alpha value is -2.25. The van der Waals surface area contributed by atoms with Gasteiger partial charge in [-0.25, -0.2) is 9.78 Å². The summed E-state index contributed by atoms with van der Waals surface area (Å²) in [5.41, 5.74) is 5.85. The third kappa shape index (κ3) is 3.65. The first kappa shape index (κ1) is 15.1. The van der Waals surface area contributed by atoms with Crippen LogP contribution in [0.3, 0.4) is 0 Å². The van der Waals surface area contributed by atoms with Gasteiger partial charge >= 0.3 is 5.97 Å². The number of nitrogens with two attached hydrogens (primary N) is 1. The van der Waals surface area contributed by atoms with Gasteiger partial charge in [0.15, 0.2) is 5.01 Å². The normalized spacial score (nSPS) is 11.2. The smallest absolute Gasteiger partial charge is 0.364 e. The number of halogens is 1. The van der Waals surface area contributed by atoms with Crippen LogP contribution in [0.25, 0.3) is 0 Å². The van der Waals surface area contributed by atoms with Crippen LogP contribution in [0, 0.1) is 6.92 Å². The van der Waals surface area contributed by atoms with Crippen LogP contribution in [0.5, 0.6) is 0 Å². The Labute approximate surface area is 129 Å². The zero-order chi connectivity index (χ0) is 15.4. The average Bonchev–Trinajstić information content (AvgIpc) is 2.85. The Morgan fingerprint density at radius 2 is 2.10 bits per heavy atom. The second-order valence-electron chi connectivity index (χ2n) is 3.96. The van der Waals surface area contributed by atoms with E-state index in [0.717, 1.165) is 0 Å². The molecule has 0 aliphatic carbocycles. The topological polar surface area (TPSA) is 94.6 Å². The largest absolute Gasteiger partial charge is 0.367 e. The number of thiazole rings is 1. The lowest BCUT2D eigenvalue weighted by molar-refractivity contribution is -0.112. The van der Waals surface area contributed by atoms with Crippen LogP contribution in [-0.2, 0) is 9.63 Å². The molecule has 0 atom stereocenters. The number of nitrogens with zero attached hydrogens (tertiary/aromatic N) is 2. The second kappa shape index (κ2) is 6.47. The van der Waals surface area contributed by atoms with Crippen LogP contribution in [0.1, 0.15) is 21.1 Å². The van der Waals surface area contributed by atoms with E-state index in [1.54, 1.807) is 30.5 Å². The molecule has 2 aromatic rings. The summed E-state index contributed by atoms with van der Waals surface area (Å²) in [7, 11) is 0. The summed E-state index contributed by atoms with van der Waals surface area (Å²) in [5.74, 6) is -1.62. The number of aromatic nitrogens is 1. The molecule has 0 aliphatic rings. The van der Waals surface area contributed by atoms with Crippen molar-refractivity contribution in [1.82, 2.24) is 4.98 Å². The Bertz CT molecular complexity index is 727. The van der Waals surface area contributed by atoms with Crippen molar-refractivity contribution in [1.29, 1.82) is 0 Å². The fourth-order valence-electron chi connectivity index (χ4n) is 1.42. The highest BCUT2D eigenvalue weighted by Crippen LogP contribution is 2.16. The number of aryl methyl sites for hydroxylation is 1. The summed E-state index contributed by atoms with van der Waals surface area (Å²) in [6, 6.07) is 6.33. The standard InChI is InChI=1S/C13H10ClN3O3S/c1-7-6-21-12(16-7)10(11(15)18)17-20-13(19)8-4-2-3-5-9(8)14/h2-6H,1H3,(H2,15,18). The molecular formula is C13H10ClN3O3S. The summed E-state index contributed by atoms with van der Waals surface area (Å²) >= 11 is 7.04. The van der Waals surface area contributed by atoms with Gasteiger partial charge in [0.25, 0.3) is 5.91 Å². The van der Waals surface area contributed by atoms with E-state index in [2.05, 4.69) is 10.1 Å². The number of hydrogen-bond acceptors (Lipinski definition) is 6. The van der Waals surface area contributed by atoms with Gasteiger partial charge in [-0.2, -0.15) is 0 Å². The molecule has 0 spiro atoms. The number of benzene rings is 1. The molecule has 0 bridgehead atoms. The molecule has 21 heavy (non-hydrogen) atoms. The van der Waals surface area contributed by atoms with Gasteiger partial charge in [0.1, 0.15) is 0 Å². The minimum atomic E-state index is -0.837. The van der Waals surface area contributed by atoms with Crippen molar-refractivity contribution in [3.8, 4) is 0 Å². The third-order valence-corrected chi connectivity index (χ3v) is 3.67. The highest BCUT2D eigenvalue weighted by atomic mass is 35.5. The van der Waals surface area contributed by atoms with Crippen LogP contribution >= 0.6 is 22.9 Å². The zero-order valence-corrected chi connectivity index (χ0v) is 12.4. The zero-order valence-electron chi connectivity index (χ0n) is 10.9. The summed E-state index contributed by atoms with van der Waals surface area (Å²) in [6.45, 7) is 1.76. The van der Waals surface area contributed by atoms with Crippen LogP contribution in [0.15, 0.2) is 34.8 Å². The van der Waals surface area contributed by atoms with Gasteiger partial charge in [-0.3, -0.25) is 4.79 Å². The van der Waals surface area contributed by atoms with E-state index in [1.165, 1.54) is 17.4 Å². The van der Waals surface area contributed by atoms with Crippen molar-refractivity contribution < 1.29 is 14.4 Å². The maximum Gasteiger partial charge on any atom is 0.367 e. The van der Waals surface area contributed by atoms with Gasteiger partial charge in [-0.05, 0) is 19.1 Å². The fraction of sp³-hybridized carbons (Fsp3) is 0.0769. The monoisotopic (exact) mass is 323 g/mol. The van der Waals surface area contributed by atoms with Gasteiger partial charge < -0.3 is 10.6 Å². The number of oxime groups is 1. The first-order chi connectivity index (χ1) is 9.99. The molecule has 1 aromatic heterocycles. The molecule has 0 unspecified atom stereocenters. The Kier molecular flexibility index (Phi) is 4.66. The van der Waals surface area contributed by atoms with Gasteiger partial charge in [-0.1, -0.05) is 28.9 Å².